The number of hydrogen-bond acceptors (Lipinski definition) is 4. The monoisotopic (exact) mass is 355 g/mol. The summed E-state index contributed by atoms with van der Waals surface area (Å²) >= 11 is 12.3. The van der Waals surface area contributed by atoms with Crippen LogP contribution in [0.5, 0.6) is 0 Å². The second-order valence-corrected chi connectivity index (χ2v) is 6.49. The molecule has 5 nitrogen and oxygen atoms in total. The average molecular weight is 356 g/mol. The molecule has 2 aromatic rings. The Morgan fingerprint density at radius 1 is 1.35 bits per heavy atom. The molecule has 1 aromatic carbocycles. The van der Waals surface area contributed by atoms with E-state index in [2.05, 4.69) is 10.4 Å². The zero-order valence-corrected chi connectivity index (χ0v) is 14.7. The minimum Gasteiger partial charge on any atom is -0.394 e. The normalized spacial score (nSPS) is 12.5. The molecule has 7 heteroatoms. The van der Waals surface area contributed by atoms with E-state index in [0.717, 1.165) is 5.56 Å². The summed E-state index contributed by atoms with van der Waals surface area (Å²) in [4.78, 5) is 12.4. The van der Waals surface area contributed by atoms with E-state index in [1.165, 1.54) is 10.9 Å². The van der Waals surface area contributed by atoms with Gasteiger partial charge in [-0.3, -0.25) is 4.79 Å². The first-order valence-electron chi connectivity index (χ1n) is 7.27. The van der Waals surface area contributed by atoms with Gasteiger partial charge in [0.1, 0.15) is 5.02 Å². The molecular formula is C16H19Cl2N3O2. The van der Waals surface area contributed by atoms with Gasteiger partial charge in [-0.2, -0.15) is 9.78 Å². The van der Waals surface area contributed by atoms with Crippen LogP contribution in [0.4, 0.5) is 5.69 Å². The Balaban J connectivity index is 2.41. The third-order valence-corrected chi connectivity index (χ3v) is 4.43. The highest BCUT2D eigenvalue weighted by Crippen LogP contribution is 2.21. The topological polar surface area (TPSA) is 67.2 Å². The van der Waals surface area contributed by atoms with Crippen molar-refractivity contribution in [2.75, 3.05) is 11.9 Å². The maximum Gasteiger partial charge on any atom is 0.292 e. The van der Waals surface area contributed by atoms with Gasteiger partial charge in [0.2, 0.25) is 0 Å². The molecule has 23 heavy (non-hydrogen) atoms. The van der Waals surface area contributed by atoms with Gasteiger partial charge in [-0.25, -0.2) is 0 Å². The predicted octanol–water partition coefficient (Wildman–Crippen LogP) is 3.28. The SMILES string of the molecule is Cc1ccc(-n2ncc(N[C@H](CO)C(C)C)c(Cl)c2=O)cc1Cl. The van der Waals surface area contributed by atoms with Gasteiger partial charge < -0.3 is 10.4 Å². The molecule has 0 fully saturated rings. The average Bonchev–Trinajstić information content (AvgIpc) is 2.51. The van der Waals surface area contributed by atoms with E-state index in [1.807, 2.05) is 26.8 Å². The summed E-state index contributed by atoms with van der Waals surface area (Å²) in [6.45, 7) is 5.74. The van der Waals surface area contributed by atoms with Crippen LogP contribution in [0.25, 0.3) is 5.69 Å². The van der Waals surface area contributed by atoms with Crippen molar-refractivity contribution in [1.29, 1.82) is 0 Å². The van der Waals surface area contributed by atoms with Crippen molar-refractivity contribution in [3.63, 3.8) is 0 Å². The van der Waals surface area contributed by atoms with Crippen LogP contribution in [0.15, 0.2) is 29.2 Å². The Hall–Kier alpha value is -1.56. The number of nitrogens with zero attached hydrogens (tertiary/aromatic N) is 2. The maximum atomic E-state index is 12.4. The van der Waals surface area contributed by atoms with Gasteiger partial charge in [0.25, 0.3) is 5.56 Å². The van der Waals surface area contributed by atoms with Gasteiger partial charge in [-0.1, -0.05) is 43.1 Å². The smallest absolute Gasteiger partial charge is 0.292 e. The van der Waals surface area contributed by atoms with Crippen molar-refractivity contribution in [2.24, 2.45) is 5.92 Å². The van der Waals surface area contributed by atoms with Crippen molar-refractivity contribution in [3.8, 4) is 5.69 Å². The fraction of sp³-hybridized carbons (Fsp3) is 0.375. The van der Waals surface area contributed by atoms with Crippen molar-refractivity contribution < 1.29 is 5.11 Å². The number of benzene rings is 1. The fourth-order valence-electron chi connectivity index (χ4n) is 2.05. The third-order valence-electron chi connectivity index (χ3n) is 3.66. The lowest BCUT2D eigenvalue weighted by Crippen LogP contribution is -2.31. The van der Waals surface area contributed by atoms with E-state index in [0.29, 0.717) is 16.4 Å². The van der Waals surface area contributed by atoms with E-state index in [9.17, 15) is 9.90 Å². The zero-order valence-electron chi connectivity index (χ0n) is 13.2. The van der Waals surface area contributed by atoms with E-state index in [1.54, 1.807) is 12.1 Å². The summed E-state index contributed by atoms with van der Waals surface area (Å²) in [7, 11) is 0. The number of aromatic nitrogens is 2. The number of nitrogens with one attached hydrogen (secondary N) is 1. The highest BCUT2D eigenvalue weighted by atomic mass is 35.5. The molecular weight excluding hydrogens is 337 g/mol. The number of hydrogen-bond donors (Lipinski definition) is 2. The Bertz CT molecular complexity index is 759. The second kappa shape index (κ2) is 7.34. The Morgan fingerprint density at radius 2 is 2.04 bits per heavy atom. The van der Waals surface area contributed by atoms with Crippen LogP contribution in [0, 0.1) is 12.8 Å². The van der Waals surface area contributed by atoms with Crippen LogP contribution < -0.4 is 10.9 Å². The van der Waals surface area contributed by atoms with Gasteiger partial charge >= 0.3 is 0 Å². The van der Waals surface area contributed by atoms with E-state index in [-0.39, 0.29) is 23.6 Å². The molecule has 0 saturated carbocycles. The maximum absolute atomic E-state index is 12.4. The van der Waals surface area contributed by atoms with Crippen LogP contribution in [0.2, 0.25) is 10.0 Å². The van der Waals surface area contributed by atoms with Crippen LogP contribution in [-0.2, 0) is 0 Å². The van der Waals surface area contributed by atoms with Gasteiger partial charge in [0.15, 0.2) is 0 Å². The minimum absolute atomic E-state index is 0.0239. The predicted molar refractivity (Wildman–Crippen MR) is 93.9 cm³/mol. The first kappa shape index (κ1) is 17.8. The van der Waals surface area contributed by atoms with E-state index >= 15 is 0 Å². The molecule has 0 aliphatic heterocycles. The highest BCUT2D eigenvalue weighted by Gasteiger charge is 2.17. The van der Waals surface area contributed by atoms with Gasteiger partial charge in [0.05, 0.1) is 30.2 Å². The molecule has 0 saturated heterocycles. The Morgan fingerprint density at radius 3 is 2.61 bits per heavy atom. The molecule has 0 spiro atoms. The van der Waals surface area contributed by atoms with Crippen molar-refractivity contribution in [2.45, 2.75) is 26.8 Å². The molecule has 2 N–H and O–H groups in total. The molecule has 0 aliphatic rings. The number of aryl methyl sites for hydroxylation is 1. The van der Waals surface area contributed by atoms with E-state index < -0.39 is 5.56 Å². The molecule has 1 aromatic heterocycles. The van der Waals surface area contributed by atoms with Crippen molar-refractivity contribution in [1.82, 2.24) is 9.78 Å². The standard InChI is InChI=1S/C16H19Cl2N3O2/c1-9(2)14(8-22)20-13-7-19-21(16(23)15(13)18)11-5-4-10(3)12(17)6-11/h4-7,9,14,20,22H,8H2,1-3H3/t14-/m1/s1. The molecule has 0 radical (unpaired) electrons. The number of aliphatic hydroxyl groups excluding tert-OH is 1. The van der Waals surface area contributed by atoms with Crippen molar-refractivity contribution in [3.05, 3.63) is 50.4 Å². The molecule has 2 rings (SSSR count). The Kier molecular flexibility index (Phi) is 5.68. The molecule has 1 heterocycles. The van der Waals surface area contributed by atoms with Gasteiger partial charge in [-0.15, -0.1) is 0 Å². The lowest BCUT2D eigenvalue weighted by Gasteiger charge is -2.21. The zero-order chi connectivity index (χ0) is 17.1. The summed E-state index contributed by atoms with van der Waals surface area (Å²) in [6.07, 6.45) is 1.47. The molecule has 0 amide bonds. The van der Waals surface area contributed by atoms with Crippen LogP contribution >= 0.6 is 23.2 Å². The largest absolute Gasteiger partial charge is 0.394 e. The lowest BCUT2D eigenvalue weighted by atomic mass is 10.1. The second-order valence-electron chi connectivity index (χ2n) is 5.70. The quantitative estimate of drug-likeness (QED) is 0.863. The first-order chi connectivity index (χ1) is 10.8. The Labute approximate surface area is 144 Å². The first-order valence-corrected chi connectivity index (χ1v) is 8.02. The summed E-state index contributed by atoms with van der Waals surface area (Å²) in [5.41, 5.74) is 1.41. The summed E-state index contributed by atoms with van der Waals surface area (Å²) in [5.74, 6) is 0.175. The van der Waals surface area contributed by atoms with Crippen molar-refractivity contribution >= 4 is 28.9 Å². The highest BCUT2D eigenvalue weighted by molar-refractivity contribution is 6.33. The number of halogens is 2. The number of rotatable bonds is 5. The van der Waals surface area contributed by atoms with Crippen LogP contribution in [0.1, 0.15) is 19.4 Å². The lowest BCUT2D eigenvalue weighted by molar-refractivity contribution is 0.249. The van der Waals surface area contributed by atoms with E-state index in [4.69, 9.17) is 23.2 Å². The molecule has 124 valence electrons. The third kappa shape index (κ3) is 3.86. The summed E-state index contributed by atoms with van der Waals surface area (Å²) in [6, 6.07) is 5.02. The van der Waals surface area contributed by atoms with Gasteiger partial charge in [-0.05, 0) is 30.5 Å². The molecule has 0 bridgehead atoms. The molecule has 1 atom stereocenters. The molecule has 0 unspecified atom stereocenters. The minimum atomic E-state index is -0.447. The van der Waals surface area contributed by atoms with Crippen LogP contribution in [0.3, 0.4) is 0 Å². The molecule has 0 aliphatic carbocycles. The van der Waals surface area contributed by atoms with Gasteiger partial charge in [0, 0.05) is 5.02 Å². The van der Waals surface area contributed by atoms with Crippen LogP contribution in [-0.4, -0.2) is 27.5 Å². The number of anilines is 1. The fourth-order valence-corrected chi connectivity index (χ4v) is 2.41. The summed E-state index contributed by atoms with van der Waals surface area (Å²) in [5, 5.41) is 17.2. The number of aliphatic hydroxyl groups is 1. The summed E-state index contributed by atoms with van der Waals surface area (Å²) < 4.78 is 1.20.